The molecular weight excluding hydrogens is 144 g/mol. The molecule has 0 saturated carbocycles. The van der Waals surface area contributed by atoms with Crippen molar-refractivity contribution >= 4 is 6.01 Å². The lowest BCUT2D eigenvalue weighted by atomic mass is 10.4. The summed E-state index contributed by atoms with van der Waals surface area (Å²) < 4.78 is 4.80. The fourth-order valence-corrected chi connectivity index (χ4v) is 0.666. The molecule has 11 heavy (non-hydrogen) atoms. The second kappa shape index (κ2) is 3.92. The van der Waals surface area contributed by atoms with Gasteiger partial charge in [-0.3, -0.25) is 0 Å². The van der Waals surface area contributed by atoms with E-state index in [2.05, 4.69) is 15.5 Å². The minimum atomic E-state index is 0.468. The summed E-state index contributed by atoms with van der Waals surface area (Å²) in [5.74, 6) is 0.639. The van der Waals surface area contributed by atoms with E-state index < -0.39 is 0 Å². The van der Waals surface area contributed by atoms with E-state index in [-0.39, 0.29) is 0 Å². The Labute approximate surface area is 65.0 Å². The van der Waals surface area contributed by atoms with Gasteiger partial charge >= 0.3 is 6.01 Å². The summed E-state index contributed by atoms with van der Waals surface area (Å²) in [6, 6.07) is 0.468. The van der Waals surface area contributed by atoms with Crippen molar-refractivity contribution < 1.29 is 4.52 Å². The normalized spacial score (nSPS) is 10.0. The lowest BCUT2D eigenvalue weighted by molar-refractivity contribution is 0.425. The predicted molar refractivity (Wildman–Crippen MR) is 41.2 cm³/mol. The van der Waals surface area contributed by atoms with Gasteiger partial charge in [-0.05, 0) is 19.9 Å². The van der Waals surface area contributed by atoms with Crippen LogP contribution < -0.4 is 11.1 Å². The molecule has 1 rings (SSSR count). The molecule has 0 bridgehead atoms. The van der Waals surface area contributed by atoms with Crippen LogP contribution in [0.2, 0.25) is 0 Å². The minimum absolute atomic E-state index is 0.468. The van der Waals surface area contributed by atoms with Gasteiger partial charge in [0.1, 0.15) is 0 Å². The first-order valence-corrected chi connectivity index (χ1v) is 3.57. The average Bonchev–Trinajstić information content (AvgIpc) is 2.37. The summed E-state index contributed by atoms with van der Waals surface area (Å²) in [6.45, 7) is 3.22. The first kappa shape index (κ1) is 8.00. The standard InChI is InChI=1S/C6H12N4O/c1-5-9-6(11-10-5)8-4-2-3-7/h2-4,7H2,1H3,(H,8,9,10). The maximum atomic E-state index is 5.29. The molecule has 0 aliphatic rings. The van der Waals surface area contributed by atoms with Crippen LogP contribution in [-0.2, 0) is 0 Å². The lowest BCUT2D eigenvalue weighted by Gasteiger charge is -1.96. The highest BCUT2D eigenvalue weighted by Crippen LogP contribution is 2.00. The molecule has 0 saturated heterocycles. The van der Waals surface area contributed by atoms with Gasteiger partial charge in [0.15, 0.2) is 5.82 Å². The van der Waals surface area contributed by atoms with Gasteiger partial charge in [0.2, 0.25) is 0 Å². The molecule has 62 valence electrons. The van der Waals surface area contributed by atoms with Gasteiger partial charge in [-0.15, -0.1) is 0 Å². The zero-order chi connectivity index (χ0) is 8.10. The van der Waals surface area contributed by atoms with E-state index in [1.54, 1.807) is 6.92 Å². The van der Waals surface area contributed by atoms with Crippen LogP contribution in [0.25, 0.3) is 0 Å². The number of hydrogen-bond donors (Lipinski definition) is 2. The zero-order valence-corrected chi connectivity index (χ0v) is 6.50. The van der Waals surface area contributed by atoms with Crippen LogP contribution in [0.5, 0.6) is 0 Å². The van der Waals surface area contributed by atoms with Crippen molar-refractivity contribution in [3.63, 3.8) is 0 Å². The van der Waals surface area contributed by atoms with Crippen LogP contribution >= 0.6 is 0 Å². The van der Waals surface area contributed by atoms with Crippen LogP contribution in [0.1, 0.15) is 12.2 Å². The van der Waals surface area contributed by atoms with E-state index in [9.17, 15) is 0 Å². The lowest BCUT2D eigenvalue weighted by Crippen LogP contribution is -2.08. The fourth-order valence-electron chi connectivity index (χ4n) is 0.666. The monoisotopic (exact) mass is 156 g/mol. The van der Waals surface area contributed by atoms with Crippen molar-refractivity contribution in [2.24, 2.45) is 5.73 Å². The summed E-state index contributed by atoms with van der Waals surface area (Å²) in [5, 5.41) is 6.56. The third-order valence-electron chi connectivity index (χ3n) is 1.18. The molecule has 1 aromatic heterocycles. The van der Waals surface area contributed by atoms with Crippen LogP contribution in [0, 0.1) is 6.92 Å². The molecule has 1 heterocycles. The van der Waals surface area contributed by atoms with Gasteiger partial charge in [-0.2, -0.15) is 4.98 Å². The van der Waals surface area contributed by atoms with E-state index in [0.29, 0.717) is 18.4 Å². The highest BCUT2D eigenvalue weighted by atomic mass is 16.5. The van der Waals surface area contributed by atoms with Crippen LogP contribution in [-0.4, -0.2) is 23.2 Å². The summed E-state index contributed by atoms with van der Waals surface area (Å²) in [7, 11) is 0. The minimum Gasteiger partial charge on any atom is -0.338 e. The SMILES string of the molecule is Cc1noc(NCCCN)n1. The summed E-state index contributed by atoms with van der Waals surface area (Å²) in [6.07, 6.45) is 0.904. The molecule has 0 aliphatic heterocycles. The van der Waals surface area contributed by atoms with Gasteiger partial charge < -0.3 is 15.6 Å². The van der Waals surface area contributed by atoms with Crippen LogP contribution in [0.4, 0.5) is 6.01 Å². The number of anilines is 1. The highest BCUT2D eigenvalue weighted by molar-refractivity contribution is 5.17. The molecule has 5 nitrogen and oxygen atoms in total. The van der Waals surface area contributed by atoms with E-state index >= 15 is 0 Å². The summed E-state index contributed by atoms with van der Waals surface area (Å²) in [4.78, 5) is 3.95. The Kier molecular flexibility index (Phi) is 2.85. The maximum Gasteiger partial charge on any atom is 0.321 e. The molecule has 0 aromatic carbocycles. The van der Waals surface area contributed by atoms with E-state index in [0.717, 1.165) is 13.0 Å². The summed E-state index contributed by atoms with van der Waals surface area (Å²) in [5.41, 5.74) is 5.29. The third kappa shape index (κ3) is 2.55. The Bertz CT molecular complexity index is 210. The molecule has 0 radical (unpaired) electrons. The van der Waals surface area contributed by atoms with Crippen molar-refractivity contribution in [2.75, 3.05) is 18.4 Å². The smallest absolute Gasteiger partial charge is 0.321 e. The number of nitrogens with one attached hydrogen (secondary N) is 1. The van der Waals surface area contributed by atoms with Gasteiger partial charge in [0, 0.05) is 6.54 Å². The molecule has 0 spiro atoms. The number of rotatable bonds is 4. The summed E-state index contributed by atoms with van der Waals surface area (Å²) >= 11 is 0. The third-order valence-corrected chi connectivity index (χ3v) is 1.18. The van der Waals surface area contributed by atoms with Crippen molar-refractivity contribution in [3.05, 3.63) is 5.82 Å². The van der Waals surface area contributed by atoms with E-state index in [1.165, 1.54) is 0 Å². The molecule has 3 N–H and O–H groups in total. The molecular formula is C6H12N4O. The van der Waals surface area contributed by atoms with E-state index in [1.807, 2.05) is 0 Å². The molecule has 1 aromatic rings. The Morgan fingerprint density at radius 3 is 3.00 bits per heavy atom. The second-order valence-electron chi connectivity index (χ2n) is 2.22. The topological polar surface area (TPSA) is 77.0 Å². The quantitative estimate of drug-likeness (QED) is 0.606. The molecule has 0 unspecified atom stereocenters. The average molecular weight is 156 g/mol. The number of aromatic nitrogens is 2. The van der Waals surface area contributed by atoms with Gasteiger partial charge in [-0.1, -0.05) is 5.16 Å². The number of aryl methyl sites for hydroxylation is 1. The van der Waals surface area contributed by atoms with Crippen molar-refractivity contribution in [3.8, 4) is 0 Å². The number of nitrogens with zero attached hydrogens (tertiary/aromatic N) is 2. The Morgan fingerprint density at radius 1 is 1.64 bits per heavy atom. The largest absolute Gasteiger partial charge is 0.338 e. The van der Waals surface area contributed by atoms with Crippen LogP contribution in [0.15, 0.2) is 4.52 Å². The van der Waals surface area contributed by atoms with Crippen molar-refractivity contribution in [1.82, 2.24) is 10.1 Å². The highest BCUT2D eigenvalue weighted by Gasteiger charge is 1.98. The molecule has 0 atom stereocenters. The molecule has 0 aliphatic carbocycles. The number of hydrogen-bond acceptors (Lipinski definition) is 5. The molecule has 5 heteroatoms. The zero-order valence-electron chi connectivity index (χ0n) is 6.50. The molecule has 0 fully saturated rings. The Hall–Kier alpha value is -1.10. The fraction of sp³-hybridized carbons (Fsp3) is 0.667. The van der Waals surface area contributed by atoms with Crippen molar-refractivity contribution in [2.45, 2.75) is 13.3 Å². The maximum absolute atomic E-state index is 5.29. The van der Waals surface area contributed by atoms with Gasteiger partial charge in [0.25, 0.3) is 0 Å². The van der Waals surface area contributed by atoms with Gasteiger partial charge in [0.05, 0.1) is 0 Å². The van der Waals surface area contributed by atoms with Crippen molar-refractivity contribution in [1.29, 1.82) is 0 Å². The first-order valence-electron chi connectivity index (χ1n) is 3.57. The Morgan fingerprint density at radius 2 is 2.45 bits per heavy atom. The van der Waals surface area contributed by atoms with Crippen LogP contribution in [0.3, 0.4) is 0 Å². The molecule has 0 amide bonds. The Balaban J connectivity index is 2.27. The number of nitrogens with two attached hydrogens (primary N) is 1. The van der Waals surface area contributed by atoms with E-state index in [4.69, 9.17) is 10.3 Å². The van der Waals surface area contributed by atoms with Gasteiger partial charge in [-0.25, -0.2) is 0 Å². The predicted octanol–water partition coefficient (Wildman–Crippen LogP) is 0.139. The second-order valence-corrected chi connectivity index (χ2v) is 2.22. The first-order chi connectivity index (χ1) is 5.33.